The van der Waals surface area contributed by atoms with Crippen LogP contribution in [0.25, 0.3) is 0 Å². The maximum absolute atomic E-state index is 13.5. The lowest BCUT2D eigenvalue weighted by Crippen LogP contribution is -2.47. The molecule has 0 aliphatic carbocycles. The summed E-state index contributed by atoms with van der Waals surface area (Å²) >= 11 is 0. The minimum atomic E-state index is -4.70. The smallest absolute Gasteiger partial charge is 0.306 e. The van der Waals surface area contributed by atoms with E-state index in [2.05, 4.69) is 62.5 Å². The lowest BCUT2D eigenvalue weighted by atomic mass is 10.0. The highest BCUT2D eigenvalue weighted by Crippen LogP contribution is 2.38. The van der Waals surface area contributed by atoms with Crippen molar-refractivity contribution in [2.45, 2.75) is 315 Å². The van der Waals surface area contributed by atoms with Crippen LogP contribution in [-0.4, -0.2) is 69.4 Å². The van der Waals surface area contributed by atoms with E-state index in [1.165, 1.54) is 180 Å². The Morgan fingerprint density at radius 1 is 0.480 bits per heavy atom. The molecule has 1 N–H and O–H groups in total. The SMILES string of the molecule is CC/C=C/C/C=C/C/C=C/CCCCCCC(=O)OC(/C=C\CCCCCCCCCCCC)C(COP(=O)([O-])OCC[N+](C)(C)C)NC(=O)CCCCCCCCCCCCCCCCCCCCCCCCC. The van der Waals surface area contributed by atoms with Gasteiger partial charge in [0.05, 0.1) is 33.8 Å². The molecular formula is C65H123N2O7P. The van der Waals surface area contributed by atoms with Crippen LogP contribution in [0.4, 0.5) is 0 Å². The molecule has 0 aliphatic rings. The van der Waals surface area contributed by atoms with E-state index in [9.17, 15) is 19.0 Å². The molecular weight excluding hydrogens is 952 g/mol. The third-order valence-electron chi connectivity index (χ3n) is 14.3. The van der Waals surface area contributed by atoms with Crippen LogP contribution in [0.2, 0.25) is 0 Å². The van der Waals surface area contributed by atoms with Gasteiger partial charge in [0.15, 0.2) is 0 Å². The second kappa shape index (κ2) is 55.3. The van der Waals surface area contributed by atoms with Gasteiger partial charge in [-0.15, -0.1) is 0 Å². The van der Waals surface area contributed by atoms with Crippen molar-refractivity contribution in [1.29, 1.82) is 0 Å². The zero-order valence-corrected chi connectivity index (χ0v) is 51.2. The number of amides is 1. The summed E-state index contributed by atoms with van der Waals surface area (Å²) in [6.45, 7) is 6.75. The molecule has 0 aromatic rings. The molecule has 0 saturated carbocycles. The number of esters is 1. The highest BCUT2D eigenvalue weighted by atomic mass is 31.2. The largest absolute Gasteiger partial charge is 0.756 e. The summed E-state index contributed by atoms with van der Waals surface area (Å²) < 4.78 is 30.3. The number of carbonyl (C=O) groups excluding carboxylic acids is 2. The first-order valence-corrected chi connectivity index (χ1v) is 33.4. The van der Waals surface area contributed by atoms with Gasteiger partial charge in [-0.3, -0.25) is 14.2 Å². The second-order valence-electron chi connectivity index (χ2n) is 22.9. The molecule has 0 fully saturated rings. The number of likely N-dealkylation sites (N-methyl/N-ethyl adjacent to an activating group) is 1. The van der Waals surface area contributed by atoms with Crippen molar-refractivity contribution in [3.8, 4) is 0 Å². The number of hydrogen-bond donors (Lipinski definition) is 1. The first kappa shape index (κ1) is 73.0. The number of phosphoric ester groups is 1. The normalized spacial score (nSPS) is 14.0. The van der Waals surface area contributed by atoms with E-state index in [4.69, 9.17) is 13.8 Å². The Kier molecular flexibility index (Phi) is 53.8. The van der Waals surface area contributed by atoms with E-state index >= 15 is 0 Å². The highest BCUT2D eigenvalue weighted by molar-refractivity contribution is 7.45. The van der Waals surface area contributed by atoms with Crippen molar-refractivity contribution in [2.75, 3.05) is 40.9 Å². The summed E-state index contributed by atoms with van der Waals surface area (Å²) in [6.07, 6.45) is 68.0. The van der Waals surface area contributed by atoms with Gasteiger partial charge in [0.1, 0.15) is 19.3 Å². The zero-order chi connectivity index (χ0) is 55.0. The molecule has 9 nitrogen and oxygen atoms in total. The van der Waals surface area contributed by atoms with Gasteiger partial charge >= 0.3 is 5.97 Å². The highest BCUT2D eigenvalue weighted by Gasteiger charge is 2.27. The van der Waals surface area contributed by atoms with E-state index in [0.717, 1.165) is 83.5 Å². The first-order chi connectivity index (χ1) is 36.4. The first-order valence-electron chi connectivity index (χ1n) is 31.9. The molecule has 1 amide bonds. The van der Waals surface area contributed by atoms with Gasteiger partial charge in [0.2, 0.25) is 5.91 Å². The standard InChI is InChI=1S/C65H123N2O7P/c1-7-10-13-16-19-22-25-28-30-31-32-33-34-35-36-37-38-39-42-45-48-51-54-57-64(68)66-62(61-73-75(70,71)72-60-59-67(4,5)6)63(56-53-50-47-44-41-27-24-21-18-15-12-9-3)74-65(69)58-55-52-49-46-43-40-29-26-23-20-17-14-11-8-2/h11,14,20,23,29,40,53,56,62-63H,7-10,12-13,15-19,21-22,24-28,30-39,41-52,54-55,57-61H2,1-6H3,(H-,66,68,70,71)/b14-11+,23-20+,40-29+,56-53-. The topological polar surface area (TPSA) is 114 Å². The second-order valence-corrected chi connectivity index (χ2v) is 24.3. The number of rotatable bonds is 58. The third-order valence-corrected chi connectivity index (χ3v) is 15.2. The van der Waals surface area contributed by atoms with Crippen molar-refractivity contribution in [3.63, 3.8) is 0 Å². The average Bonchev–Trinajstić information content (AvgIpc) is 3.37. The molecule has 10 heteroatoms. The number of ether oxygens (including phenoxy) is 1. The molecule has 0 heterocycles. The van der Waals surface area contributed by atoms with Crippen LogP contribution in [0.1, 0.15) is 303 Å². The maximum Gasteiger partial charge on any atom is 0.306 e. The van der Waals surface area contributed by atoms with Crippen molar-refractivity contribution < 1.29 is 37.3 Å². The van der Waals surface area contributed by atoms with Crippen LogP contribution in [-0.2, 0) is 27.9 Å². The fourth-order valence-electron chi connectivity index (χ4n) is 9.36. The summed E-state index contributed by atoms with van der Waals surface area (Å²) in [5.41, 5.74) is 0. The Hall–Kier alpha value is -2.03. The number of allylic oxidation sites excluding steroid dienone is 7. The molecule has 0 aliphatic heterocycles. The fraction of sp³-hybridized carbons (Fsp3) is 0.846. The molecule has 440 valence electrons. The Morgan fingerprint density at radius 2 is 0.853 bits per heavy atom. The molecule has 3 atom stereocenters. The van der Waals surface area contributed by atoms with Gasteiger partial charge in [-0.2, -0.15) is 0 Å². The van der Waals surface area contributed by atoms with E-state index in [0.29, 0.717) is 23.9 Å². The number of phosphoric acid groups is 1. The Bertz CT molecular complexity index is 1420. The number of carbonyl (C=O) groups is 2. The predicted octanol–water partition coefficient (Wildman–Crippen LogP) is 19.0. The van der Waals surface area contributed by atoms with E-state index in [-0.39, 0.29) is 24.9 Å². The molecule has 0 bridgehead atoms. The molecule has 3 unspecified atom stereocenters. The number of hydrogen-bond acceptors (Lipinski definition) is 7. The van der Waals surface area contributed by atoms with Gasteiger partial charge in [0, 0.05) is 12.8 Å². The van der Waals surface area contributed by atoms with E-state index in [1.807, 2.05) is 33.3 Å². The summed E-state index contributed by atoms with van der Waals surface area (Å²) in [7, 11) is 1.18. The number of unbranched alkanes of at least 4 members (excludes halogenated alkanes) is 36. The molecule has 0 aromatic carbocycles. The van der Waals surface area contributed by atoms with Gasteiger partial charge in [-0.25, -0.2) is 0 Å². The minimum absolute atomic E-state index is 0.0250. The van der Waals surface area contributed by atoms with Gasteiger partial charge in [-0.05, 0) is 63.9 Å². The molecule has 0 saturated heterocycles. The Labute approximate surface area is 465 Å². The molecule has 0 radical (unpaired) electrons. The average molecular weight is 1080 g/mol. The Morgan fingerprint density at radius 3 is 1.28 bits per heavy atom. The molecule has 0 rings (SSSR count). The third kappa shape index (κ3) is 56.5. The van der Waals surface area contributed by atoms with Crippen molar-refractivity contribution in [2.24, 2.45) is 0 Å². The van der Waals surface area contributed by atoms with Gasteiger partial charge in [-0.1, -0.05) is 275 Å². The monoisotopic (exact) mass is 1070 g/mol. The van der Waals surface area contributed by atoms with Gasteiger partial charge < -0.3 is 28.5 Å². The van der Waals surface area contributed by atoms with Crippen molar-refractivity contribution >= 4 is 19.7 Å². The van der Waals surface area contributed by atoms with Crippen LogP contribution in [0.5, 0.6) is 0 Å². The van der Waals surface area contributed by atoms with Crippen LogP contribution in [0.15, 0.2) is 48.6 Å². The zero-order valence-electron chi connectivity index (χ0n) is 50.3. The molecule has 75 heavy (non-hydrogen) atoms. The minimum Gasteiger partial charge on any atom is -0.756 e. The summed E-state index contributed by atoms with van der Waals surface area (Å²) in [5, 5.41) is 3.03. The van der Waals surface area contributed by atoms with E-state index < -0.39 is 26.6 Å². The quantitative estimate of drug-likeness (QED) is 0.0212. The molecule has 0 aromatic heterocycles. The van der Waals surface area contributed by atoms with Gasteiger partial charge in [0.25, 0.3) is 7.82 Å². The summed E-state index contributed by atoms with van der Waals surface area (Å²) in [6, 6.07) is -0.895. The summed E-state index contributed by atoms with van der Waals surface area (Å²) in [4.78, 5) is 40.0. The van der Waals surface area contributed by atoms with E-state index in [1.54, 1.807) is 0 Å². The van der Waals surface area contributed by atoms with Crippen LogP contribution in [0.3, 0.4) is 0 Å². The fourth-order valence-corrected chi connectivity index (χ4v) is 10.1. The van der Waals surface area contributed by atoms with Crippen LogP contribution in [0, 0.1) is 0 Å². The lowest BCUT2D eigenvalue weighted by Gasteiger charge is -2.30. The number of nitrogens with zero attached hydrogens (tertiary/aromatic N) is 1. The number of nitrogens with one attached hydrogen (secondary N) is 1. The lowest BCUT2D eigenvalue weighted by molar-refractivity contribution is -0.870. The van der Waals surface area contributed by atoms with Crippen LogP contribution >= 0.6 is 7.82 Å². The maximum atomic E-state index is 13.5. The number of quaternary nitrogens is 1. The Balaban J connectivity index is 5.13. The molecule has 0 spiro atoms. The predicted molar refractivity (Wildman–Crippen MR) is 321 cm³/mol. The summed E-state index contributed by atoms with van der Waals surface area (Å²) in [5.74, 6) is -0.556. The van der Waals surface area contributed by atoms with Crippen molar-refractivity contribution in [3.05, 3.63) is 48.6 Å². The van der Waals surface area contributed by atoms with Crippen LogP contribution < -0.4 is 10.2 Å². The van der Waals surface area contributed by atoms with Crippen molar-refractivity contribution in [1.82, 2.24) is 5.32 Å².